The molecule has 1 aromatic rings. The van der Waals surface area contributed by atoms with E-state index in [1.54, 1.807) is 30.3 Å². The summed E-state index contributed by atoms with van der Waals surface area (Å²) in [6, 6.07) is 8.57. The molecule has 0 unspecified atom stereocenters. The second-order valence-electron chi connectivity index (χ2n) is 2.73. The molecule has 0 fully saturated rings. The molecule has 78 valence electrons. The molecular formula is C11H10O4. The highest BCUT2D eigenvalue weighted by Gasteiger charge is 1.99. The van der Waals surface area contributed by atoms with E-state index in [-0.39, 0.29) is 6.42 Å². The topological polar surface area (TPSA) is 63.6 Å². The fraction of sp³-hybridized carbons (Fsp3) is 0.0909. The van der Waals surface area contributed by atoms with E-state index in [1.807, 2.05) is 0 Å². The third-order valence-electron chi connectivity index (χ3n) is 1.51. The van der Waals surface area contributed by atoms with Crippen molar-refractivity contribution in [3.63, 3.8) is 0 Å². The van der Waals surface area contributed by atoms with E-state index in [2.05, 4.69) is 0 Å². The number of hydrogen-bond donors (Lipinski definition) is 1. The summed E-state index contributed by atoms with van der Waals surface area (Å²) in [6.45, 7) is 0. The van der Waals surface area contributed by atoms with Gasteiger partial charge < -0.3 is 9.84 Å². The van der Waals surface area contributed by atoms with E-state index in [4.69, 9.17) is 9.84 Å². The molecule has 1 rings (SSSR count). The Bertz CT molecular complexity index is 367. The Balaban J connectivity index is 2.43. The van der Waals surface area contributed by atoms with Gasteiger partial charge in [-0.2, -0.15) is 0 Å². The van der Waals surface area contributed by atoms with Crippen molar-refractivity contribution >= 4 is 11.9 Å². The highest BCUT2D eigenvalue weighted by Crippen LogP contribution is 2.08. The molecule has 0 radical (unpaired) electrons. The number of ether oxygens (including phenoxy) is 1. The maximum absolute atomic E-state index is 11.1. The van der Waals surface area contributed by atoms with Crippen molar-refractivity contribution in [3.8, 4) is 5.75 Å². The average Bonchev–Trinajstić information content (AvgIpc) is 2.18. The van der Waals surface area contributed by atoms with Gasteiger partial charge in [0, 0.05) is 6.08 Å². The lowest BCUT2D eigenvalue weighted by Crippen LogP contribution is -2.03. The first kappa shape index (κ1) is 11.0. The molecule has 15 heavy (non-hydrogen) atoms. The van der Waals surface area contributed by atoms with Crippen LogP contribution in [0.4, 0.5) is 0 Å². The van der Waals surface area contributed by atoms with Crippen molar-refractivity contribution in [3.05, 3.63) is 42.5 Å². The van der Waals surface area contributed by atoms with E-state index in [0.29, 0.717) is 5.75 Å². The van der Waals surface area contributed by atoms with Gasteiger partial charge in [-0.15, -0.1) is 0 Å². The van der Waals surface area contributed by atoms with Gasteiger partial charge in [0.25, 0.3) is 0 Å². The number of carbonyl (C=O) groups excluding carboxylic acids is 1. The van der Waals surface area contributed by atoms with Crippen LogP contribution in [0.15, 0.2) is 42.5 Å². The number of aliphatic carboxylic acids is 1. The van der Waals surface area contributed by atoms with Crippen molar-refractivity contribution < 1.29 is 19.4 Å². The van der Waals surface area contributed by atoms with Gasteiger partial charge >= 0.3 is 11.9 Å². The molecule has 4 nitrogen and oxygen atoms in total. The highest BCUT2D eigenvalue weighted by atomic mass is 16.5. The smallest absolute Gasteiger partial charge is 0.335 e. The monoisotopic (exact) mass is 206 g/mol. The number of esters is 1. The Morgan fingerprint density at radius 1 is 1.27 bits per heavy atom. The Hall–Kier alpha value is -2.10. The van der Waals surface area contributed by atoms with E-state index in [9.17, 15) is 9.59 Å². The summed E-state index contributed by atoms with van der Waals surface area (Å²) in [4.78, 5) is 21.2. The van der Waals surface area contributed by atoms with Crippen molar-refractivity contribution in [1.82, 2.24) is 0 Å². The van der Waals surface area contributed by atoms with E-state index in [1.165, 1.54) is 6.08 Å². The maximum Gasteiger partial charge on any atom is 0.335 e. The lowest BCUT2D eigenvalue weighted by Gasteiger charge is -1.98. The van der Waals surface area contributed by atoms with Crippen molar-refractivity contribution in [2.75, 3.05) is 0 Å². The third kappa shape index (κ3) is 4.61. The minimum atomic E-state index is -0.987. The maximum atomic E-state index is 11.1. The highest BCUT2D eigenvalue weighted by molar-refractivity contribution is 5.84. The lowest BCUT2D eigenvalue weighted by atomic mass is 10.3. The molecule has 1 aromatic carbocycles. The number of carboxylic acids is 1. The molecule has 0 saturated heterocycles. The first-order chi connectivity index (χ1) is 7.18. The van der Waals surface area contributed by atoms with Crippen LogP contribution in [0.2, 0.25) is 0 Å². The Morgan fingerprint density at radius 2 is 1.93 bits per heavy atom. The normalized spacial score (nSPS) is 10.1. The SMILES string of the molecule is O=C(O)CC=CC(=O)Oc1ccccc1. The van der Waals surface area contributed by atoms with Gasteiger partial charge in [-0.1, -0.05) is 24.3 Å². The molecule has 0 saturated carbocycles. The molecule has 0 aliphatic carbocycles. The fourth-order valence-corrected chi connectivity index (χ4v) is 0.895. The lowest BCUT2D eigenvalue weighted by molar-refractivity contribution is -0.136. The molecule has 1 N–H and O–H groups in total. The van der Waals surface area contributed by atoms with Crippen LogP contribution in [0.3, 0.4) is 0 Å². The Morgan fingerprint density at radius 3 is 2.53 bits per heavy atom. The second kappa shape index (κ2) is 5.59. The van der Waals surface area contributed by atoms with Crippen LogP contribution in [-0.4, -0.2) is 17.0 Å². The third-order valence-corrected chi connectivity index (χ3v) is 1.51. The van der Waals surface area contributed by atoms with Crippen LogP contribution in [0.5, 0.6) is 5.75 Å². The zero-order valence-corrected chi connectivity index (χ0v) is 7.92. The molecule has 4 heteroatoms. The molecule has 0 amide bonds. The van der Waals surface area contributed by atoms with Gasteiger partial charge in [0.05, 0.1) is 6.42 Å². The Labute approximate surface area is 86.8 Å². The quantitative estimate of drug-likeness (QED) is 0.462. The van der Waals surface area contributed by atoms with Gasteiger partial charge in [-0.3, -0.25) is 4.79 Å². The summed E-state index contributed by atoms with van der Waals surface area (Å²) in [5.41, 5.74) is 0. The number of carboxylic acid groups (broad SMARTS) is 1. The van der Waals surface area contributed by atoms with Gasteiger partial charge in [-0.05, 0) is 12.1 Å². The van der Waals surface area contributed by atoms with Crippen LogP contribution >= 0.6 is 0 Å². The summed E-state index contributed by atoms with van der Waals surface area (Å²) in [5, 5.41) is 8.31. The number of carbonyl (C=O) groups is 2. The predicted molar refractivity (Wildman–Crippen MR) is 53.5 cm³/mol. The standard InChI is InChI=1S/C11H10O4/c12-10(13)7-4-8-11(14)15-9-5-2-1-3-6-9/h1-6,8H,7H2,(H,12,13). The van der Waals surface area contributed by atoms with Crippen LogP contribution in [0, 0.1) is 0 Å². The molecular weight excluding hydrogens is 196 g/mol. The molecule has 0 heterocycles. The van der Waals surface area contributed by atoms with Crippen molar-refractivity contribution in [1.29, 1.82) is 0 Å². The number of para-hydroxylation sites is 1. The fourth-order valence-electron chi connectivity index (χ4n) is 0.895. The van der Waals surface area contributed by atoms with Crippen LogP contribution in [0.25, 0.3) is 0 Å². The van der Waals surface area contributed by atoms with Gasteiger partial charge in [0.1, 0.15) is 5.75 Å². The summed E-state index contributed by atoms with van der Waals surface area (Å²) >= 11 is 0. The minimum Gasteiger partial charge on any atom is -0.481 e. The van der Waals surface area contributed by atoms with Gasteiger partial charge in [-0.25, -0.2) is 4.79 Å². The number of benzene rings is 1. The molecule has 0 aliphatic rings. The summed E-state index contributed by atoms with van der Waals surface area (Å²) < 4.78 is 4.88. The molecule has 0 spiro atoms. The zero-order valence-electron chi connectivity index (χ0n) is 7.92. The summed E-state index contributed by atoms with van der Waals surface area (Å²) in [6.07, 6.45) is 2.15. The van der Waals surface area contributed by atoms with Crippen LogP contribution in [0.1, 0.15) is 6.42 Å². The second-order valence-corrected chi connectivity index (χ2v) is 2.73. The molecule has 0 aliphatic heterocycles. The first-order valence-corrected chi connectivity index (χ1v) is 4.33. The van der Waals surface area contributed by atoms with E-state index in [0.717, 1.165) is 6.08 Å². The van der Waals surface area contributed by atoms with Gasteiger partial charge in [0.2, 0.25) is 0 Å². The molecule has 0 aromatic heterocycles. The zero-order chi connectivity index (χ0) is 11.1. The largest absolute Gasteiger partial charge is 0.481 e. The number of hydrogen-bond acceptors (Lipinski definition) is 3. The molecule has 0 bridgehead atoms. The average molecular weight is 206 g/mol. The van der Waals surface area contributed by atoms with Crippen LogP contribution in [-0.2, 0) is 9.59 Å². The van der Waals surface area contributed by atoms with E-state index >= 15 is 0 Å². The van der Waals surface area contributed by atoms with Crippen molar-refractivity contribution in [2.45, 2.75) is 6.42 Å². The predicted octanol–water partition coefficient (Wildman–Crippen LogP) is 1.62. The number of rotatable bonds is 4. The minimum absolute atomic E-state index is 0.191. The first-order valence-electron chi connectivity index (χ1n) is 4.33. The van der Waals surface area contributed by atoms with E-state index < -0.39 is 11.9 Å². The van der Waals surface area contributed by atoms with Crippen LogP contribution < -0.4 is 4.74 Å². The molecule has 0 atom stereocenters. The Kier molecular flexibility index (Phi) is 4.09. The summed E-state index contributed by atoms with van der Waals surface area (Å²) in [7, 11) is 0. The van der Waals surface area contributed by atoms with Gasteiger partial charge in [0.15, 0.2) is 0 Å². The van der Waals surface area contributed by atoms with Crippen molar-refractivity contribution in [2.24, 2.45) is 0 Å². The summed E-state index contributed by atoms with van der Waals surface area (Å²) in [5.74, 6) is -1.14.